The molecule has 1 aliphatic heterocycles. The van der Waals surface area contributed by atoms with E-state index >= 15 is 0 Å². The van der Waals surface area contributed by atoms with Gasteiger partial charge in [-0.2, -0.15) is 0 Å². The van der Waals surface area contributed by atoms with Crippen molar-refractivity contribution in [2.75, 3.05) is 0 Å². The van der Waals surface area contributed by atoms with Gasteiger partial charge in [-0.15, -0.1) is 11.3 Å². The predicted molar refractivity (Wildman–Crippen MR) is 55.1 cm³/mol. The average Bonchev–Trinajstić information content (AvgIpc) is 2.83. The molecule has 0 aromatic carbocycles. The van der Waals surface area contributed by atoms with Crippen molar-refractivity contribution in [3.63, 3.8) is 0 Å². The molecule has 0 amide bonds. The first-order valence-electron chi connectivity index (χ1n) is 4.61. The third-order valence-electron chi connectivity index (χ3n) is 2.43. The van der Waals surface area contributed by atoms with Crippen molar-refractivity contribution in [2.24, 2.45) is 0 Å². The third-order valence-corrected chi connectivity index (χ3v) is 3.72. The second-order valence-electron chi connectivity index (χ2n) is 3.41. The minimum atomic E-state index is 0.436. The highest BCUT2D eigenvalue weighted by atomic mass is 32.1. The van der Waals surface area contributed by atoms with Gasteiger partial charge in [0.15, 0.2) is 10.8 Å². The van der Waals surface area contributed by atoms with E-state index in [0.29, 0.717) is 6.04 Å². The van der Waals surface area contributed by atoms with Crippen LogP contribution in [0.15, 0.2) is 22.8 Å². The Kier molecular flexibility index (Phi) is 1.72. The van der Waals surface area contributed by atoms with Crippen LogP contribution in [0.25, 0.3) is 10.8 Å². The van der Waals surface area contributed by atoms with Crippen LogP contribution < -0.4 is 5.32 Å². The fraction of sp³-hybridized carbons (Fsp3) is 0.300. The van der Waals surface area contributed by atoms with Crippen molar-refractivity contribution in [1.29, 1.82) is 0 Å². The fourth-order valence-electron chi connectivity index (χ4n) is 1.68. The minimum Gasteiger partial charge on any atom is -0.462 e. The van der Waals surface area contributed by atoms with E-state index in [1.165, 1.54) is 10.6 Å². The maximum Gasteiger partial charge on any atom is 0.162 e. The summed E-state index contributed by atoms with van der Waals surface area (Å²) in [7, 11) is 0. The summed E-state index contributed by atoms with van der Waals surface area (Å²) in [6.45, 7) is 3.05. The Morgan fingerprint density at radius 2 is 2.57 bits per heavy atom. The van der Waals surface area contributed by atoms with E-state index in [1.807, 2.05) is 12.1 Å². The summed E-state index contributed by atoms with van der Waals surface area (Å²) in [5.74, 6) is 0.872. The SMILES string of the molecule is CC1NCc2nc(-c3ccco3)sc21. The van der Waals surface area contributed by atoms with Crippen molar-refractivity contribution in [2.45, 2.75) is 19.5 Å². The molecule has 0 radical (unpaired) electrons. The molecule has 72 valence electrons. The zero-order chi connectivity index (χ0) is 9.54. The van der Waals surface area contributed by atoms with Gasteiger partial charge >= 0.3 is 0 Å². The minimum absolute atomic E-state index is 0.436. The zero-order valence-electron chi connectivity index (χ0n) is 7.78. The molecule has 3 heterocycles. The number of rotatable bonds is 1. The number of nitrogens with one attached hydrogen (secondary N) is 1. The Balaban J connectivity index is 2.07. The smallest absolute Gasteiger partial charge is 0.162 e. The molecule has 2 aromatic heterocycles. The Morgan fingerprint density at radius 1 is 1.64 bits per heavy atom. The highest BCUT2D eigenvalue weighted by Gasteiger charge is 2.23. The standard InChI is InChI=1S/C10H10N2OS/c1-6-9-7(5-11-6)12-10(14-9)8-3-2-4-13-8/h2-4,6,11H,5H2,1H3. The Bertz CT molecular complexity index is 447. The van der Waals surface area contributed by atoms with Crippen molar-refractivity contribution in [3.05, 3.63) is 29.0 Å². The molecule has 1 N–H and O–H groups in total. The Morgan fingerprint density at radius 3 is 3.29 bits per heavy atom. The first-order valence-corrected chi connectivity index (χ1v) is 5.43. The fourth-order valence-corrected chi connectivity index (χ4v) is 2.75. The molecule has 0 spiro atoms. The summed E-state index contributed by atoms with van der Waals surface area (Å²) in [6.07, 6.45) is 1.68. The van der Waals surface area contributed by atoms with E-state index < -0.39 is 0 Å². The average molecular weight is 206 g/mol. The molecule has 0 aliphatic carbocycles. The van der Waals surface area contributed by atoms with Crippen LogP contribution in [0.2, 0.25) is 0 Å². The normalized spacial score (nSPS) is 19.9. The number of nitrogens with zero attached hydrogens (tertiary/aromatic N) is 1. The molecule has 1 atom stereocenters. The monoisotopic (exact) mass is 206 g/mol. The highest BCUT2D eigenvalue weighted by Crippen LogP contribution is 2.35. The van der Waals surface area contributed by atoms with E-state index in [2.05, 4.69) is 17.2 Å². The van der Waals surface area contributed by atoms with Crippen LogP contribution >= 0.6 is 11.3 Å². The predicted octanol–water partition coefficient (Wildman–Crippen LogP) is 2.57. The number of fused-ring (bicyclic) bond motifs is 1. The van der Waals surface area contributed by atoms with Crippen LogP contribution in [0, 0.1) is 0 Å². The number of thiazole rings is 1. The van der Waals surface area contributed by atoms with Crippen LogP contribution in [0.5, 0.6) is 0 Å². The number of furan rings is 1. The van der Waals surface area contributed by atoms with E-state index in [9.17, 15) is 0 Å². The van der Waals surface area contributed by atoms with Crippen LogP contribution in [0.4, 0.5) is 0 Å². The van der Waals surface area contributed by atoms with Gasteiger partial charge in [0, 0.05) is 17.5 Å². The lowest BCUT2D eigenvalue weighted by molar-refractivity contribution is 0.581. The molecular formula is C10H10N2OS. The molecule has 1 aliphatic rings. The number of hydrogen-bond donors (Lipinski definition) is 1. The van der Waals surface area contributed by atoms with E-state index in [4.69, 9.17) is 4.42 Å². The van der Waals surface area contributed by atoms with E-state index in [-0.39, 0.29) is 0 Å². The summed E-state index contributed by atoms with van der Waals surface area (Å²) < 4.78 is 5.32. The van der Waals surface area contributed by atoms with Gasteiger partial charge in [0.25, 0.3) is 0 Å². The lowest BCUT2D eigenvalue weighted by atomic mass is 10.3. The van der Waals surface area contributed by atoms with Crippen LogP contribution in [-0.2, 0) is 6.54 Å². The summed E-state index contributed by atoms with van der Waals surface area (Å²) >= 11 is 1.72. The van der Waals surface area contributed by atoms with E-state index in [0.717, 1.165) is 17.3 Å². The van der Waals surface area contributed by atoms with Gasteiger partial charge in [-0.05, 0) is 19.1 Å². The number of aromatic nitrogens is 1. The molecule has 14 heavy (non-hydrogen) atoms. The van der Waals surface area contributed by atoms with Crippen LogP contribution in [0.1, 0.15) is 23.5 Å². The molecule has 3 nitrogen and oxygen atoms in total. The third kappa shape index (κ3) is 1.11. The Labute approximate surface area is 85.8 Å². The van der Waals surface area contributed by atoms with Gasteiger partial charge < -0.3 is 9.73 Å². The van der Waals surface area contributed by atoms with Crippen molar-refractivity contribution < 1.29 is 4.42 Å². The van der Waals surface area contributed by atoms with Crippen molar-refractivity contribution in [1.82, 2.24) is 10.3 Å². The second kappa shape index (κ2) is 2.93. The Hall–Kier alpha value is -1.13. The van der Waals surface area contributed by atoms with Gasteiger partial charge in [0.05, 0.1) is 12.0 Å². The lowest BCUT2D eigenvalue weighted by Crippen LogP contribution is -2.07. The van der Waals surface area contributed by atoms with Gasteiger partial charge in [0.2, 0.25) is 0 Å². The zero-order valence-corrected chi connectivity index (χ0v) is 8.60. The van der Waals surface area contributed by atoms with E-state index in [1.54, 1.807) is 17.6 Å². The molecule has 0 saturated carbocycles. The largest absolute Gasteiger partial charge is 0.462 e. The van der Waals surface area contributed by atoms with Gasteiger partial charge in [-0.1, -0.05) is 0 Å². The van der Waals surface area contributed by atoms with Gasteiger partial charge in [-0.25, -0.2) is 4.98 Å². The highest BCUT2D eigenvalue weighted by molar-refractivity contribution is 7.15. The summed E-state index contributed by atoms with van der Waals surface area (Å²) in [4.78, 5) is 5.89. The summed E-state index contributed by atoms with van der Waals surface area (Å²) in [5.41, 5.74) is 1.17. The first-order chi connectivity index (χ1) is 6.84. The summed E-state index contributed by atoms with van der Waals surface area (Å²) in [5, 5.41) is 4.35. The molecule has 0 saturated heterocycles. The van der Waals surface area contributed by atoms with Crippen molar-refractivity contribution >= 4 is 11.3 Å². The van der Waals surface area contributed by atoms with Gasteiger partial charge in [0.1, 0.15) is 0 Å². The quantitative estimate of drug-likeness (QED) is 0.779. The lowest BCUT2D eigenvalue weighted by Gasteiger charge is -1.99. The molecule has 3 rings (SSSR count). The number of hydrogen-bond acceptors (Lipinski definition) is 4. The maximum absolute atomic E-state index is 5.32. The van der Waals surface area contributed by atoms with Crippen molar-refractivity contribution in [3.8, 4) is 10.8 Å². The maximum atomic E-state index is 5.32. The van der Waals surface area contributed by atoms with Gasteiger partial charge in [-0.3, -0.25) is 0 Å². The molecule has 2 aromatic rings. The molecule has 0 fully saturated rings. The van der Waals surface area contributed by atoms with Crippen LogP contribution in [-0.4, -0.2) is 4.98 Å². The summed E-state index contributed by atoms with van der Waals surface area (Å²) in [6, 6.07) is 4.28. The molecule has 4 heteroatoms. The topological polar surface area (TPSA) is 38.1 Å². The second-order valence-corrected chi connectivity index (χ2v) is 4.44. The molecule has 1 unspecified atom stereocenters. The molecular weight excluding hydrogens is 196 g/mol. The van der Waals surface area contributed by atoms with Crippen LogP contribution in [0.3, 0.4) is 0 Å². The molecule has 0 bridgehead atoms. The first kappa shape index (κ1) is 8.20.